The van der Waals surface area contributed by atoms with Crippen LogP contribution in [0.5, 0.6) is 0 Å². The zero-order valence-corrected chi connectivity index (χ0v) is 34.6. The smallest absolute Gasteiger partial charge is 0.0973 e. The summed E-state index contributed by atoms with van der Waals surface area (Å²) in [5, 5.41) is 14.8. The van der Waals surface area contributed by atoms with Crippen molar-refractivity contribution in [2.45, 2.75) is 0 Å². The molecular formula is C60H36N4. The van der Waals surface area contributed by atoms with Gasteiger partial charge in [-0.25, -0.2) is 9.97 Å². The molecule has 0 radical (unpaired) electrons. The van der Waals surface area contributed by atoms with E-state index in [-0.39, 0.29) is 0 Å². The van der Waals surface area contributed by atoms with Crippen molar-refractivity contribution in [3.05, 3.63) is 218 Å². The summed E-state index contributed by atoms with van der Waals surface area (Å²) in [5.74, 6) is 0. The second-order valence-electron chi connectivity index (χ2n) is 16.9. The number of rotatable bonds is 4. The van der Waals surface area contributed by atoms with Gasteiger partial charge in [0.15, 0.2) is 0 Å². The predicted molar refractivity (Wildman–Crippen MR) is 269 cm³/mol. The molecule has 0 fully saturated rings. The molecule has 0 spiro atoms. The van der Waals surface area contributed by atoms with Gasteiger partial charge in [-0.2, -0.15) is 0 Å². The molecule has 14 aromatic rings. The van der Waals surface area contributed by atoms with Gasteiger partial charge in [0.1, 0.15) is 0 Å². The Hall–Kier alpha value is -8.60. The maximum atomic E-state index is 5.36. The van der Waals surface area contributed by atoms with E-state index >= 15 is 0 Å². The highest BCUT2D eigenvalue weighted by molar-refractivity contribution is 6.22. The first-order valence-electron chi connectivity index (χ1n) is 21.9. The summed E-state index contributed by atoms with van der Waals surface area (Å²) in [6.45, 7) is 0. The first kappa shape index (κ1) is 35.0. The van der Waals surface area contributed by atoms with Crippen LogP contribution in [0.15, 0.2) is 218 Å². The number of benzene rings is 11. The summed E-state index contributed by atoms with van der Waals surface area (Å²) < 4.78 is 4.88. The lowest BCUT2D eigenvalue weighted by atomic mass is 9.97. The van der Waals surface area contributed by atoms with E-state index in [2.05, 4.69) is 215 Å². The fourth-order valence-corrected chi connectivity index (χ4v) is 10.6. The summed E-state index contributed by atoms with van der Waals surface area (Å²) in [4.78, 5) is 10.7. The van der Waals surface area contributed by atoms with E-state index in [1.807, 2.05) is 12.1 Å². The lowest BCUT2D eigenvalue weighted by Gasteiger charge is -2.15. The number of fused-ring (bicyclic) bond motifs is 13. The Kier molecular flexibility index (Phi) is 7.36. The maximum absolute atomic E-state index is 5.36. The van der Waals surface area contributed by atoms with Gasteiger partial charge in [0.05, 0.1) is 50.2 Å². The van der Waals surface area contributed by atoms with Crippen LogP contribution < -0.4 is 0 Å². The average molecular weight is 813 g/mol. The van der Waals surface area contributed by atoms with Crippen molar-refractivity contribution < 1.29 is 0 Å². The Morgan fingerprint density at radius 2 is 0.859 bits per heavy atom. The highest BCUT2D eigenvalue weighted by atomic mass is 15.0. The average Bonchev–Trinajstić information content (AvgIpc) is 3.87. The molecule has 0 saturated heterocycles. The van der Waals surface area contributed by atoms with E-state index in [0.29, 0.717) is 0 Å². The van der Waals surface area contributed by atoms with E-state index in [0.717, 1.165) is 50.3 Å². The van der Waals surface area contributed by atoms with Gasteiger partial charge in [0.25, 0.3) is 0 Å². The molecule has 0 aliphatic heterocycles. The van der Waals surface area contributed by atoms with Gasteiger partial charge < -0.3 is 9.13 Å². The van der Waals surface area contributed by atoms with Crippen molar-refractivity contribution in [1.82, 2.24) is 19.1 Å². The molecule has 64 heavy (non-hydrogen) atoms. The maximum Gasteiger partial charge on any atom is 0.0973 e. The minimum atomic E-state index is 0.857. The summed E-state index contributed by atoms with van der Waals surface area (Å²) in [5.41, 5.74) is 12.5. The summed E-state index contributed by atoms with van der Waals surface area (Å²) in [6.07, 6.45) is 0. The fraction of sp³-hybridized carbons (Fsp3) is 0. The molecular weight excluding hydrogens is 777 g/mol. The Bertz CT molecular complexity index is 4270. The SMILES string of the molecule is c1cc(-c2nc3ccccc3nc2-c2ccc3c(ccc4ccccc43)c2)cc(-n2c3ccccc3c3cc4c(-n5c6ccccc6c6c7ccccc7ccc65)cccc4cc32)c1. The third-order valence-electron chi connectivity index (χ3n) is 13.4. The Labute approximate surface area is 367 Å². The van der Waals surface area contributed by atoms with E-state index in [1.54, 1.807) is 0 Å². The number of hydrogen-bond acceptors (Lipinski definition) is 2. The van der Waals surface area contributed by atoms with Crippen LogP contribution in [0.3, 0.4) is 0 Å². The molecule has 0 amide bonds. The molecule has 0 aliphatic rings. The first-order chi connectivity index (χ1) is 31.7. The standard InChI is InChI=1S/C60H36N4/c1-3-18-44-37(13-1)27-28-40-33-42(29-31-45(40)44)60-59(61-51-22-7-8-23-52(51)62-60)41-16-11-17-43(34-41)63-53-24-9-5-20-47(53)50-36-49-39(35-57(50)63)15-12-26-55(49)64-54-25-10-6-21-48(54)58-46-19-4-2-14-38(46)30-32-56(58)64/h1-36H. The van der Waals surface area contributed by atoms with Crippen molar-refractivity contribution in [2.24, 2.45) is 0 Å². The Balaban J connectivity index is 0.974. The molecule has 0 unspecified atom stereocenters. The van der Waals surface area contributed by atoms with Gasteiger partial charge in [0.2, 0.25) is 0 Å². The normalized spacial score (nSPS) is 12.1. The molecule has 0 bridgehead atoms. The van der Waals surface area contributed by atoms with Crippen LogP contribution >= 0.6 is 0 Å². The lowest BCUT2D eigenvalue weighted by molar-refractivity contribution is 1.18. The van der Waals surface area contributed by atoms with Gasteiger partial charge in [-0.3, -0.25) is 0 Å². The van der Waals surface area contributed by atoms with Crippen molar-refractivity contribution in [2.75, 3.05) is 0 Å². The topological polar surface area (TPSA) is 35.6 Å². The molecule has 0 saturated carbocycles. The van der Waals surface area contributed by atoms with Gasteiger partial charge in [0, 0.05) is 43.7 Å². The monoisotopic (exact) mass is 812 g/mol. The molecule has 4 nitrogen and oxygen atoms in total. The number of para-hydroxylation sites is 4. The van der Waals surface area contributed by atoms with Crippen molar-refractivity contribution in [1.29, 1.82) is 0 Å². The van der Waals surface area contributed by atoms with Gasteiger partial charge >= 0.3 is 0 Å². The molecule has 3 aromatic heterocycles. The van der Waals surface area contributed by atoms with Crippen molar-refractivity contribution in [3.63, 3.8) is 0 Å². The van der Waals surface area contributed by atoms with Gasteiger partial charge in [-0.15, -0.1) is 0 Å². The highest BCUT2D eigenvalue weighted by Gasteiger charge is 2.20. The minimum Gasteiger partial charge on any atom is -0.309 e. The van der Waals surface area contributed by atoms with E-state index in [4.69, 9.17) is 9.97 Å². The first-order valence-corrected chi connectivity index (χ1v) is 21.9. The fourth-order valence-electron chi connectivity index (χ4n) is 10.6. The second-order valence-corrected chi connectivity index (χ2v) is 16.9. The van der Waals surface area contributed by atoms with Crippen LogP contribution in [-0.2, 0) is 0 Å². The van der Waals surface area contributed by atoms with Crippen molar-refractivity contribution >= 4 is 97.7 Å². The van der Waals surface area contributed by atoms with Crippen LogP contribution in [0.1, 0.15) is 0 Å². The lowest BCUT2D eigenvalue weighted by Crippen LogP contribution is -1.98. The van der Waals surface area contributed by atoms with E-state index < -0.39 is 0 Å². The van der Waals surface area contributed by atoms with Gasteiger partial charge in [-0.05, 0) is 104 Å². The van der Waals surface area contributed by atoms with Gasteiger partial charge in [-0.1, -0.05) is 152 Å². The third-order valence-corrected chi connectivity index (χ3v) is 13.4. The number of aromatic nitrogens is 4. The summed E-state index contributed by atoms with van der Waals surface area (Å²) in [6, 6.07) is 79.2. The molecule has 11 aromatic carbocycles. The van der Waals surface area contributed by atoms with Crippen LogP contribution in [0.2, 0.25) is 0 Å². The zero-order valence-electron chi connectivity index (χ0n) is 34.6. The molecule has 14 rings (SSSR count). The zero-order chi connectivity index (χ0) is 41.9. The molecule has 0 atom stereocenters. The Morgan fingerprint density at radius 3 is 1.67 bits per heavy atom. The summed E-state index contributed by atoms with van der Waals surface area (Å²) in [7, 11) is 0. The molecule has 4 heteroatoms. The molecule has 0 N–H and O–H groups in total. The molecule has 3 heterocycles. The number of hydrogen-bond donors (Lipinski definition) is 0. The number of nitrogens with zero attached hydrogens (tertiary/aromatic N) is 4. The van der Waals surface area contributed by atoms with Crippen LogP contribution in [-0.4, -0.2) is 19.1 Å². The van der Waals surface area contributed by atoms with Crippen LogP contribution in [0.25, 0.3) is 132 Å². The molecule has 0 aliphatic carbocycles. The quantitative estimate of drug-likeness (QED) is 0.166. The predicted octanol–water partition coefficient (Wildman–Crippen LogP) is 15.8. The van der Waals surface area contributed by atoms with Crippen molar-refractivity contribution in [3.8, 4) is 33.9 Å². The molecule has 296 valence electrons. The minimum absolute atomic E-state index is 0.857. The Morgan fingerprint density at radius 1 is 0.281 bits per heavy atom. The van der Waals surface area contributed by atoms with Crippen LogP contribution in [0, 0.1) is 0 Å². The van der Waals surface area contributed by atoms with Crippen LogP contribution in [0.4, 0.5) is 0 Å². The van der Waals surface area contributed by atoms with E-state index in [1.165, 1.54) is 81.4 Å². The summed E-state index contributed by atoms with van der Waals surface area (Å²) >= 11 is 0. The third kappa shape index (κ3) is 5.11. The van der Waals surface area contributed by atoms with E-state index in [9.17, 15) is 0 Å². The largest absolute Gasteiger partial charge is 0.309 e. The highest BCUT2D eigenvalue weighted by Crippen LogP contribution is 2.42. The second kappa shape index (κ2) is 13.4.